The van der Waals surface area contributed by atoms with Gasteiger partial charge in [-0.15, -0.1) is 11.3 Å². The number of benzene rings is 1. The van der Waals surface area contributed by atoms with Crippen LogP contribution >= 0.6 is 11.3 Å². The molecule has 1 atom stereocenters. The van der Waals surface area contributed by atoms with E-state index in [-0.39, 0.29) is 34.7 Å². The normalized spacial score (nSPS) is 15.7. The van der Waals surface area contributed by atoms with Crippen LogP contribution in [-0.4, -0.2) is 60.1 Å². The summed E-state index contributed by atoms with van der Waals surface area (Å²) >= 11 is 0.145. The highest BCUT2D eigenvalue weighted by atomic mass is 32.2. The quantitative estimate of drug-likeness (QED) is 0.398. The molecular weight excluding hydrogens is 573 g/mol. The van der Waals surface area contributed by atoms with Crippen LogP contribution in [0.15, 0.2) is 24.3 Å². The molecular formula is C26H35F3N2O7S2. The lowest BCUT2D eigenvalue weighted by atomic mass is 10.0. The molecule has 40 heavy (non-hydrogen) atoms. The number of aliphatic hydroxyl groups is 1. The minimum atomic E-state index is -4.83. The van der Waals surface area contributed by atoms with Gasteiger partial charge in [0.25, 0.3) is 5.91 Å². The average molecular weight is 609 g/mol. The lowest BCUT2D eigenvalue weighted by Gasteiger charge is -2.41. The zero-order valence-electron chi connectivity index (χ0n) is 23.2. The second-order valence-electron chi connectivity index (χ2n) is 9.66. The Bertz CT molecular complexity index is 1320. The number of methoxy groups -OCH3 is 1. The number of carboxylic acid groups (broad SMARTS) is 1. The maximum atomic E-state index is 13.6. The van der Waals surface area contributed by atoms with E-state index in [2.05, 4.69) is 6.92 Å². The molecule has 0 fully saturated rings. The Balaban J connectivity index is 0.000000708. The Morgan fingerprint density at radius 2 is 1.77 bits per heavy atom. The molecule has 0 radical (unpaired) electrons. The molecule has 2 heterocycles. The SMILES string of the molecule is CCCC(O)CC.COc1ccccc1CCN1c2sc(C(F)(F)F)c(C)c2C(=O)N(C(C)(C)C(=O)O)S1(=O)=O. The number of hydrogen-bond acceptors (Lipinski definition) is 7. The van der Waals surface area contributed by atoms with Crippen LogP contribution in [0.5, 0.6) is 5.75 Å². The number of ether oxygens (including phenoxy) is 1. The van der Waals surface area contributed by atoms with Gasteiger partial charge in [0.2, 0.25) is 0 Å². The first-order chi connectivity index (χ1) is 18.5. The highest BCUT2D eigenvalue weighted by molar-refractivity contribution is 7.91. The average Bonchev–Trinajstić information content (AvgIpc) is 3.21. The summed E-state index contributed by atoms with van der Waals surface area (Å²) in [6.07, 6.45) is -1.89. The van der Waals surface area contributed by atoms with Gasteiger partial charge in [-0.3, -0.25) is 4.79 Å². The Labute approximate surface area is 236 Å². The van der Waals surface area contributed by atoms with Crippen molar-refractivity contribution in [3.05, 3.63) is 45.8 Å². The van der Waals surface area contributed by atoms with Gasteiger partial charge >= 0.3 is 22.4 Å². The Morgan fingerprint density at radius 1 is 1.18 bits per heavy atom. The van der Waals surface area contributed by atoms with E-state index in [0.717, 1.165) is 40.0 Å². The van der Waals surface area contributed by atoms with E-state index < -0.39 is 54.8 Å². The Morgan fingerprint density at radius 3 is 2.25 bits per heavy atom. The predicted octanol–water partition coefficient (Wildman–Crippen LogP) is 5.25. The van der Waals surface area contributed by atoms with E-state index in [1.54, 1.807) is 24.3 Å². The van der Waals surface area contributed by atoms with Gasteiger partial charge in [-0.1, -0.05) is 38.5 Å². The van der Waals surface area contributed by atoms with E-state index in [9.17, 15) is 36.3 Å². The smallest absolute Gasteiger partial charge is 0.425 e. The van der Waals surface area contributed by atoms with Crippen LogP contribution in [-0.2, 0) is 27.6 Å². The lowest BCUT2D eigenvalue weighted by molar-refractivity contribution is -0.145. The van der Waals surface area contributed by atoms with Gasteiger partial charge in [-0.25, -0.2) is 13.4 Å². The molecule has 3 rings (SSSR count). The number of halogens is 3. The summed E-state index contributed by atoms with van der Waals surface area (Å²) in [5.74, 6) is -2.49. The molecule has 1 aromatic heterocycles. The zero-order chi connectivity index (χ0) is 30.6. The van der Waals surface area contributed by atoms with Crippen molar-refractivity contribution in [1.29, 1.82) is 0 Å². The number of nitrogens with zero attached hydrogens (tertiary/aromatic N) is 2. The fourth-order valence-electron chi connectivity index (χ4n) is 4.12. The molecule has 1 unspecified atom stereocenters. The number of rotatable bonds is 9. The number of carbonyl (C=O) groups excluding carboxylic acids is 1. The van der Waals surface area contributed by atoms with Crippen molar-refractivity contribution in [3.63, 3.8) is 0 Å². The van der Waals surface area contributed by atoms with Crippen molar-refractivity contribution >= 4 is 38.4 Å². The van der Waals surface area contributed by atoms with E-state index in [1.165, 1.54) is 7.11 Å². The van der Waals surface area contributed by atoms with Crippen LogP contribution in [0.1, 0.15) is 73.3 Å². The van der Waals surface area contributed by atoms with Crippen LogP contribution in [0.4, 0.5) is 18.2 Å². The molecule has 0 saturated heterocycles. The van der Waals surface area contributed by atoms with Crippen LogP contribution in [0, 0.1) is 6.92 Å². The minimum absolute atomic E-state index is 0.0382. The molecule has 2 N–H and O–H groups in total. The second-order valence-corrected chi connectivity index (χ2v) is 12.4. The van der Waals surface area contributed by atoms with Crippen LogP contribution in [0.25, 0.3) is 0 Å². The van der Waals surface area contributed by atoms with Gasteiger partial charge < -0.3 is 14.9 Å². The van der Waals surface area contributed by atoms with Crippen molar-refractivity contribution in [2.24, 2.45) is 0 Å². The highest BCUT2D eigenvalue weighted by Gasteiger charge is 2.54. The molecule has 1 aromatic carbocycles. The van der Waals surface area contributed by atoms with Gasteiger partial charge in [-0.2, -0.15) is 21.6 Å². The van der Waals surface area contributed by atoms with Crippen LogP contribution in [0.2, 0.25) is 0 Å². The summed E-state index contributed by atoms with van der Waals surface area (Å²) in [6, 6.07) is 6.70. The highest BCUT2D eigenvalue weighted by Crippen LogP contribution is 2.49. The maximum absolute atomic E-state index is 13.6. The number of anilines is 1. The zero-order valence-corrected chi connectivity index (χ0v) is 24.8. The molecule has 0 saturated carbocycles. The van der Waals surface area contributed by atoms with E-state index in [4.69, 9.17) is 9.84 Å². The number of amides is 1. The van der Waals surface area contributed by atoms with Crippen molar-refractivity contribution in [2.75, 3.05) is 18.0 Å². The molecule has 9 nitrogen and oxygen atoms in total. The number of aliphatic hydroxyl groups excluding tert-OH is 1. The van der Waals surface area contributed by atoms with Crippen molar-refractivity contribution in [2.45, 2.75) is 78.1 Å². The van der Waals surface area contributed by atoms with Gasteiger partial charge in [0.15, 0.2) is 5.54 Å². The van der Waals surface area contributed by atoms with E-state index in [0.29, 0.717) is 15.6 Å². The topological polar surface area (TPSA) is 124 Å². The number of alkyl halides is 3. The van der Waals surface area contributed by atoms with Crippen molar-refractivity contribution in [1.82, 2.24) is 4.31 Å². The first kappa shape index (κ1) is 33.4. The first-order valence-electron chi connectivity index (χ1n) is 12.6. The lowest BCUT2D eigenvalue weighted by Crippen LogP contribution is -2.62. The molecule has 224 valence electrons. The van der Waals surface area contributed by atoms with Crippen LogP contribution < -0.4 is 9.04 Å². The second kappa shape index (κ2) is 12.8. The summed E-state index contributed by atoms with van der Waals surface area (Å²) in [6.45, 7) is 6.81. The molecule has 2 aromatic rings. The first-order valence-corrected chi connectivity index (χ1v) is 14.8. The number of carbonyl (C=O) groups is 2. The molecule has 1 aliphatic heterocycles. The predicted molar refractivity (Wildman–Crippen MR) is 146 cm³/mol. The van der Waals surface area contributed by atoms with Crippen molar-refractivity contribution in [3.8, 4) is 5.75 Å². The number of fused-ring (bicyclic) bond motifs is 1. The molecule has 14 heteroatoms. The summed E-state index contributed by atoms with van der Waals surface area (Å²) in [5.41, 5.74) is -2.59. The number of carboxylic acids is 1. The summed E-state index contributed by atoms with van der Waals surface area (Å²) in [4.78, 5) is 23.8. The summed E-state index contributed by atoms with van der Waals surface area (Å²) in [5, 5.41) is 18.1. The number of para-hydroxylation sites is 1. The number of thiophene rings is 1. The van der Waals surface area contributed by atoms with Crippen molar-refractivity contribution < 1.29 is 46.1 Å². The summed E-state index contributed by atoms with van der Waals surface area (Å²) < 4.78 is 73.7. The summed E-state index contributed by atoms with van der Waals surface area (Å²) in [7, 11) is -3.41. The third-order valence-corrected chi connectivity index (χ3v) is 9.90. The standard InChI is InChI=1S/C20H21F3N2O6S2.C6H14O/c1-11-14-16(26)25(19(2,3)18(27)28)33(29,30)24(17(14)32-15(11)20(21,22)23)10-9-12-7-5-6-8-13(12)31-4;1-3-5-6(7)4-2/h5-8H,9-10H2,1-4H3,(H,27,28);6-7H,3-5H2,1-2H3. The largest absolute Gasteiger partial charge is 0.496 e. The minimum Gasteiger partial charge on any atom is -0.496 e. The monoisotopic (exact) mass is 608 g/mol. The molecule has 0 spiro atoms. The van der Waals surface area contributed by atoms with Gasteiger partial charge in [0.1, 0.15) is 15.6 Å². The van der Waals surface area contributed by atoms with E-state index in [1.807, 2.05) is 6.92 Å². The fraction of sp³-hybridized carbons (Fsp3) is 0.538. The number of aliphatic carboxylic acids is 1. The van der Waals surface area contributed by atoms with Gasteiger partial charge in [-0.05, 0) is 57.2 Å². The third kappa shape index (κ3) is 6.72. The van der Waals surface area contributed by atoms with Crippen LogP contribution in [0.3, 0.4) is 0 Å². The van der Waals surface area contributed by atoms with Gasteiger partial charge in [0, 0.05) is 6.54 Å². The third-order valence-electron chi connectivity index (χ3n) is 6.42. The maximum Gasteiger partial charge on any atom is 0.425 e. The number of hydrogen-bond donors (Lipinski definition) is 2. The van der Waals surface area contributed by atoms with Gasteiger partial charge in [0.05, 0.1) is 18.8 Å². The Hall–Kier alpha value is -2.84. The molecule has 1 amide bonds. The Kier molecular flexibility index (Phi) is 10.7. The molecule has 1 aliphatic rings. The fourth-order valence-corrected chi connectivity index (χ4v) is 7.39. The molecule has 0 aliphatic carbocycles. The van der Waals surface area contributed by atoms with E-state index >= 15 is 0 Å². The molecule has 0 bridgehead atoms.